The number of likely N-dealkylation sites (tertiary alicyclic amines) is 1. The zero-order valence-electron chi connectivity index (χ0n) is 13.6. The van der Waals surface area contributed by atoms with Crippen molar-refractivity contribution in [2.45, 2.75) is 19.9 Å². The van der Waals surface area contributed by atoms with Crippen LogP contribution in [0.25, 0.3) is 0 Å². The van der Waals surface area contributed by atoms with E-state index in [0.717, 1.165) is 38.3 Å². The third-order valence-electron chi connectivity index (χ3n) is 4.05. The summed E-state index contributed by atoms with van der Waals surface area (Å²) in [6.45, 7) is 6.53. The van der Waals surface area contributed by atoms with Crippen LogP contribution in [0.5, 0.6) is 0 Å². The van der Waals surface area contributed by atoms with Gasteiger partial charge in [0.25, 0.3) is 0 Å². The van der Waals surface area contributed by atoms with Gasteiger partial charge in [-0.25, -0.2) is 8.78 Å². The van der Waals surface area contributed by atoms with E-state index in [0.29, 0.717) is 17.4 Å². The molecular weight excluding hydrogens is 413 g/mol. The molecule has 1 aliphatic rings. The molecule has 0 radical (unpaired) electrons. The van der Waals surface area contributed by atoms with Crippen molar-refractivity contribution in [3.8, 4) is 0 Å². The topological polar surface area (TPSA) is 39.7 Å². The van der Waals surface area contributed by atoms with Gasteiger partial charge >= 0.3 is 0 Å². The van der Waals surface area contributed by atoms with Crippen LogP contribution in [0, 0.1) is 17.6 Å². The molecule has 7 heteroatoms. The number of aliphatic imine (C=N–C) groups is 1. The van der Waals surface area contributed by atoms with E-state index in [9.17, 15) is 8.78 Å². The lowest BCUT2D eigenvalue weighted by Crippen LogP contribution is -2.40. The second kappa shape index (κ2) is 10.0. The standard InChI is InChI=1S/C16H24F2N4.HI/c1-3-22-7-6-12(11-22)9-20-16(19-2)21-10-13-8-14(17)4-5-15(13)18;/h4-5,8,12H,3,6-7,9-11H2,1-2H3,(H2,19,20,21);1H. The number of guanidine groups is 1. The fourth-order valence-electron chi connectivity index (χ4n) is 2.69. The molecular formula is C16H25F2IN4. The van der Waals surface area contributed by atoms with Crippen molar-refractivity contribution in [3.63, 3.8) is 0 Å². The number of halogens is 3. The molecule has 1 aromatic carbocycles. The lowest BCUT2D eigenvalue weighted by Gasteiger charge is -2.16. The first-order valence-corrected chi connectivity index (χ1v) is 7.73. The highest BCUT2D eigenvalue weighted by molar-refractivity contribution is 14.0. The molecule has 1 unspecified atom stereocenters. The van der Waals surface area contributed by atoms with Gasteiger partial charge in [0.2, 0.25) is 0 Å². The van der Waals surface area contributed by atoms with Crippen molar-refractivity contribution < 1.29 is 8.78 Å². The highest BCUT2D eigenvalue weighted by Gasteiger charge is 2.20. The SMILES string of the molecule is CCN1CCC(CNC(=NC)NCc2cc(F)ccc2F)C1.I. The van der Waals surface area contributed by atoms with Crippen molar-refractivity contribution in [1.82, 2.24) is 15.5 Å². The lowest BCUT2D eigenvalue weighted by atomic mass is 10.1. The fourth-order valence-corrected chi connectivity index (χ4v) is 2.69. The second-order valence-electron chi connectivity index (χ2n) is 5.59. The van der Waals surface area contributed by atoms with Crippen LogP contribution in [-0.2, 0) is 6.54 Å². The molecule has 0 spiro atoms. The molecule has 1 aliphatic heterocycles. The Kier molecular flexibility index (Phi) is 8.75. The predicted molar refractivity (Wildman–Crippen MR) is 100 cm³/mol. The Bertz CT molecular complexity index is 525. The molecule has 0 aliphatic carbocycles. The van der Waals surface area contributed by atoms with Crippen molar-refractivity contribution in [2.24, 2.45) is 10.9 Å². The van der Waals surface area contributed by atoms with E-state index >= 15 is 0 Å². The first kappa shape index (κ1) is 20.1. The van der Waals surface area contributed by atoms with Gasteiger partial charge in [0.1, 0.15) is 11.6 Å². The summed E-state index contributed by atoms with van der Waals surface area (Å²) in [5.74, 6) is 0.355. The Balaban J connectivity index is 0.00000264. The molecule has 23 heavy (non-hydrogen) atoms. The van der Waals surface area contributed by atoms with Gasteiger partial charge in [-0.2, -0.15) is 0 Å². The molecule has 1 fully saturated rings. The Hall–Kier alpha value is -0.960. The first-order valence-electron chi connectivity index (χ1n) is 7.73. The van der Waals surface area contributed by atoms with Crippen molar-refractivity contribution in [2.75, 3.05) is 33.2 Å². The van der Waals surface area contributed by atoms with E-state index in [2.05, 4.69) is 27.4 Å². The molecule has 0 aromatic heterocycles. The van der Waals surface area contributed by atoms with Crippen LogP contribution in [0.1, 0.15) is 18.9 Å². The number of rotatable bonds is 5. The fraction of sp³-hybridized carbons (Fsp3) is 0.562. The highest BCUT2D eigenvalue weighted by Crippen LogP contribution is 2.14. The summed E-state index contributed by atoms with van der Waals surface area (Å²) in [6.07, 6.45) is 1.18. The van der Waals surface area contributed by atoms with E-state index in [1.807, 2.05) is 0 Å². The number of nitrogens with zero attached hydrogens (tertiary/aromatic N) is 2. The van der Waals surface area contributed by atoms with Gasteiger partial charge < -0.3 is 15.5 Å². The van der Waals surface area contributed by atoms with Crippen LogP contribution in [0.4, 0.5) is 8.78 Å². The Morgan fingerprint density at radius 2 is 2.13 bits per heavy atom. The average molecular weight is 438 g/mol. The Morgan fingerprint density at radius 1 is 1.35 bits per heavy atom. The minimum Gasteiger partial charge on any atom is -0.356 e. The number of benzene rings is 1. The molecule has 0 saturated carbocycles. The van der Waals surface area contributed by atoms with Gasteiger partial charge in [-0.1, -0.05) is 6.92 Å². The van der Waals surface area contributed by atoms with E-state index < -0.39 is 11.6 Å². The molecule has 0 amide bonds. The van der Waals surface area contributed by atoms with E-state index in [-0.39, 0.29) is 30.5 Å². The van der Waals surface area contributed by atoms with E-state index in [1.165, 1.54) is 12.5 Å². The van der Waals surface area contributed by atoms with Gasteiger partial charge in [-0.3, -0.25) is 4.99 Å². The van der Waals surface area contributed by atoms with E-state index in [1.54, 1.807) is 7.05 Å². The van der Waals surface area contributed by atoms with Crippen LogP contribution in [0.3, 0.4) is 0 Å². The molecule has 2 N–H and O–H groups in total. The molecule has 4 nitrogen and oxygen atoms in total. The molecule has 0 bridgehead atoms. The number of hydrogen-bond donors (Lipinski definition) is 2. The van der Waals surface area contributed by atoms with E-state index in [4.69, 9.17) is 0 Å². The van der Waals surface area contributed by atoms with Crippen molar-refractivity contribution in [1.29, 1.82) is 0 Å². The maximum Gasteiger partial charge on any atom is 0.191 e. The minimum absolute atomic E-state index is 0. The van der Waals surface area contributed by atoms with Gasteiger partial charge in [0, 0.05) is 32.2 Å². The lowest BCUT2D eigenvalue weighted by molar-refractivity contribution is 0.342. The van der Waals surface area contributed by atoms with Crippen LogP contribution in [0.15, 0.2) is 23.2 Å². The van der Waals surface area contributed by atoms with Gasteiger partial charge in [-0.15, -0.1) is 24.0 Å². The molecule has 130 valence electrons. The van der Waals surface area contributed by atoms with Gasteiger partial charge in [0.15, 0.2) is 5.96 Å². The van der Waals surface area contributed by atoms with Gasteiger partial charge in [0.05, 0.1) is 0 Å². The predicted octanol–water partition coefficient (Wildman–Crippen LogP) is 2.59. The summed E-state index contributed by atoms with van der Waals surface area (Å²) < 4.78 is 26.7. The second-order valence-corrected chi connectivity index (χ2v) is 5.59. The molecule has 2 rings (SSSR count). The average Bonchev–Trinajstić information content (AvgIpc) is 2.98. The summed E-state index contributed by atoms with van der Waals surface area (Å²) in [7, 11) is 1.67. The molecule has 1 saturated heterocycles. The minimum atomic E-state index is -0.438. The normalized spacial score (nSPS) is 18.6. The smallest absolute Gasteiger partial charge is 0.191 e. The van der Waals surface area contributed by atoms with Crippen LogP contribution in [-0.4, -0.2) is 44.1 Å². The van der Waals surface area contributed by atoms with Crippen LogP contribution >= 0.6 is 24.0 Å². The Labute approximate surface area is 153 Å². The quantitative estimate of drug-likeness (QED) is 0.422. The van der Waals surface area contributed by atoms with Crippen LogP contribution in [0.2, 0.25) is 0 Å². The van der Waals surface area contributed by atoms with Gasteiger partial charge in [-0.05, 0) is 43.6 Å². The van der Waals surface area contributed by atoms with Crippen LogP contribution < -0.4 is 10.6 Å². The summed E-state index contributed by atoms with van der Waals surface area (Å²) in [4.78, 5) is 6.54. The first-order chi connectivity index (χ1) is 10.6. The summed E-state index contributed by atoms with van der Waals surface area (Å²) in [6, 6.07) is 3.46. The largest absolute Gasteiger partial charge is 0.356 e. The zero-order valence-corrected chi connectivity index (χ0v) is 15.9. The molecule has 1 atom stereocenters. The number of hydrogen-bond acceptors (Lipinski definition) is 2. The summed E-state index contributed by atoms with van der Waals surface area (Å²) in [5.41, 5.74) is 0.293. The maximum absolute atomic E-state index is 13.6. The third-order valence-corrected chi connectivity index (χ3v) is 4.05. The monoisotopic (exact) mass is 438 g/mol. The third kappa shape index (κ3) is 6.21. The molecule has 1 heterocycles. The zero-order chi connectivity index (χ0) is 15.9. The number of nitrogens with one attached hydrogen (secondary N) is 2. The summed E-state index contributed by atoms with van der Waals surface area (Å²) >= 11 is 0. The van der Waals surface area contributed by atoms with Crippen molar-refractivity contribution >= 4 is 29.9 Å². The Morgan fingerprint density at radius 3 is 2.78 bits per heavy atom. The summed E-state index contributed by atoms with van der Waals surface area (Å²) in [5, 5.41) is 6.28. The highest BCUT2D eigenvalue weighted by atomic mass is 127. The van der Waals surface area contributed by atoms with Crippen molar-refractivity contribution in [3.05, 3.63) is 35.4 Å². The maximum atomic E-state index is 13.6. The molecule has 1 aromatic rings.